The lowest BCUT2D eigenvalue weighted by Crippen LogP contribution is -2.00. The Morgan fingerprint density at radius 2 is 0.710 bits per heavy atom. The van der Waals surface area contributed by atoms with Gasteiger partial charge >= 0.3 is 0 Å². The van der Waals surface area contributed by atoms with Crippen molar-refractivity contribution in [2.24, 2.45) is 0 Å². The van der Waals surface area contributed by atoms with Crippen LogP contribution in [0.25, 0.3) is 132 Å². The van der Waals surface area contributed by atoms with Gasteiger partial charge in [0.05, 0.1) is 32.5 Å². The standard InChI is InChI=1S/C63H39N5S/c1-4-16-40(17-5-1)42-30-34-44(35-31-42)61-64-62(45-36-32-43(33-37-45)41-18-6-2-7-19-41)66-63(65-61)53-26-14-25-51-52-39-38-50-49-24-15-29-56(68-54-27-12-10-22-47(54)48-23-11-13-28-55(48)68)57(49)67(46-20-8-3-9-21-46)58(50)60(52)69-59(51)53/h1-39H. The first-order valence-electron chi connectivity index (χ1n) is 23.3. The number of hydrogen-bond acceptors (Lipinski definition) is 4. The van der Waals surface area contributed by atoms with Gasteiger partial charge in [-0.1, -0.05) is 200 Å². The van der Waals surface area contributed by atoms with Crippen LogP contribution in [0.5, 0.6) is 0 Å². The van der Waals surface area contributed by atoms with Crippen LogP contribution in [0.1, 0.15) is 0 Å². The van der Waals surface area contributed by atoms with Gasteiger partial charge in [0, 0.05) is 59.4 Å². The van der Waals surface area contributed by atoms with Crippen molar-refractivity contribution in [3.8, 4) is 67.8 Å². The fourth-order valence-electron chi connectivity index (χ4n) is 10.4. The van der Waals surface area contributed by atoms with Crippen LogP contribution in [-0.2, 0) is 0 Å². The highest BCUT2D eigenvalue weighted by molar-refractivity contribution is 7.27. The third kappa shape index (κ3) is 6.34. The van der Waals surface area contributed by atoms with Gasteiger partial charge in [0.2, 0.25) is 0 Å². The molecule has 0 N–H and O–H groups in total. The second kappa shape index (κ2) is 15.8. The summed E-state index contributed by atoms with van der Waals surface area (Å²) in [4.78, 5) is 15.8. The fourth-order valence-corrected chi connectivity index (χ4v) is 11.7. The van der Waals surface area contributed by atoms with E-state index in [1.807, 2.05) is 23.5 Å². The molecule has 0 saturated heterocycles. The minimum atomic E-state index is 0.629. The van der Waals surface area contributed by atoms with Gasteiger partial charge in [-0.25, -0.2) is 15.0 Å². The SMILES string of the molecule is c1ccc(-c2ccc(-c3nc(-c4ccc(-c5ccccc5)cc4)nc(-c4cccc5c4sc4c5ccc5c6cccc(-n7c8ccccc8c8ccccc87)c6n(-c6ccccc6)c54)n3)cc2)cc1. The van der Waals surface area contributed by atoms with E-state index >= 15 is 0 Å². The Morgan fingerprint density at radius 3 is 1.32 bits per heavy atom. The number of hydrogen-bond donors (Lipinski definition) is 0. The second-order valence-corrected chi connectivity index (χ2v) is 18.6. The molecule has 0 aliphatic rings. The highest BCUT2D eigenvalue weighted by atomic mass is 32.1. The van der Waals surface area contributed by atoms with Crippen molar-refractivity contribution >= 4 is 75.1 Å². The van der Waals surface area contributed by atoms with Crippen molar-refractivity contribution in [2.75, 3.05) is 0 Å². The van der Waals surface area contributed by atoms with Crippen LogP contribution in [0.4, 0.5) is 0 Å². The maximum atomic E-state index is 5.32. The zero-order valence-corrected chi connectivity index (χ0v) is 38.0. The van der Waals surface area contributed by atoms with Crippen LogP contribution in [0.15, 0.2) is 237 Å². The number of para-hydroxylation sites is 4. The Morgan fingerprint density at radius 1 is 0.275 bits per heavy atom. The second-order valence-electron chi connectivity index (χ2n) is 17.5. The smallest absolute Gasteiger partial charge is 0.165 e. The first-order valence-corrected chi connectivity index (χ1v) is 24.1. The first kappa shape index (κ1) is 39.2. The van der Waals surface area contributed by atoms with Gasteiger partial charge < -0.3 is 9.13 Å². The Kier molecular flexibility index (Phi) is 9.00. The summed E-state index contributed by atoms with van der Waals surface area (Å²) in [5.41, 5.74) is 14.4. The Hall–Kier alpha value is -8.97. The monoisotopic (exact) mass is 897 g/mol. The van der Waals surface area contributed by atoms with E-state index in [9.17, 15) is 0 Å². The molecule has 0 fully saturated rings. The fraction of sp³-hybridized carbons (Fsp3) is 0. The molecular formula is C63H39N5S. The maximum Gasteiger partial charge on any atom is 0.165 e. The van der Waals surface area contributed by atoms with Gasteiger partial charge in [-0.3, -0.25) is 0 Å². The normalized spacial score (nSPS) is 11.8. The van der Waals surface area contributed by atoms with E-state index in [4.69, 9.17) is 15.0 Å². The molecule has 10 aromatic carbocycles. The van der Waals surface area contributed by atoms with Crippen LogP contribution in [0.2, 0.25) is 0 Å². The quantitative estimate of drug-likeness (QED) is 0.160. The molecule has 69 heavy (non-hydrogen) atoms. The summed E-state index contributed by atoms with van der Waals surface area (Å²) in [6.07, 6.45) is 0. The Balaban J connectivity index is 1.00. The molecule has 0 saturated carbocycles. The predicted octanol–water partition coefficient (Wildman–Crippen LogP) is 16.8. The molecule has 0 unspecified atom stereocenters. The summed E-state index contributed by atoms with van der Waals surface area (Å²) < 4.78 is 7.30. The number of rotatable bonds is 7. The molecule has 0 spiro atoms. The Bertz CT molecular complexity index is 4110. The molecule has 5 nitrogen and oxygen atoms in total. The van der Waals surface area contributed by atoms with Crippen molar-refractivity contribution in [3.63, 3.8) is 0 Å². The van der Waals surface area contributed by atoms with E-state index in [1.165, 1.54) is 70.2 Å². The number of aromatic nitrogens is 5. The van der Waals surface area contributed by atoms with Gasteiger partial charge in [0.15, 0.2) is 17.5 Å². The highest BCUT2D eigenvalue weighted by Gasteiger charge is 2.24. The average molecular weight is 898 g/mol. The van der Waals surface area contributed by atoms with Crippen molar-refractivity contribution < 1.29 is 0 Å². The molecule has 0 aliphatic carbocycles. The van der Waals surface area contributed by atoms with Crippen LogP contribution >= 0.6 is 11.3 Å². The lowest BCUT2D eigenvalue weighted by molar-refractivity contribution is 1.08. The van der Waals surface area contributed by atoms with Gasteiger partial charge in [0.1, 0.15) is 0 Å². The summed E-state index contributed by atoms with van der Waals surface area (Å²) in [5.74, 6) is 1.90. The zero-order chi connectivity index (χ0) is 45.4. The molecule has 0 bridgehead atoms. The Labute approximate surface area is 401 Å². The van der Waals surface area contributed by atoms with Gasteiger partial charge in [-0.2, -0.15) is 0 Å². The van der Waals surface area contributed by atoms with Crippen LogP contribution in [0, 0.1) is 0 Å². The number of nitrogens with zero attached hydrogens (tertiary/aromatic N) is 5. The third-order valence-electron chi connectivity index (χ3n) is 13.6. The molecule has 6 heteroatoms. The molecule has 0 amide bonds. The van der Waals surface area contributed by atoms with E-state index in [0.29, 0.717) is 17.5 Å². The molecule has 0 aliphatic heterocycles. The number of thiophene rings is 1. The summed E-state index contributed by atoms with van der Waals surface area (Å²) in [6.45, 7) is 0. The predicted molar refractivity (Wildman–Crippen MR) is 289 cm³/mol. The first-order chi connectivity index (χ1) is 34.2. The molecule has 322 valence electrons. The minimum Gasteiger partial charge on any atom is -0.307 e. The van der Waals surface area contributed by atoms with Crippen molar-refractivity contribution in [1.82, 2.24) is 24.1 Å². The lowest BCUT2D eigenvalue weighted by atomic mass is 10.0. The topological polar surface area (TPSA) is 48.5 Å². The van der Waals surface area contributed by atoms with E-state index in [2.05, 4.69) is 234 Å². The van der Waals surface area contributed by atoms with Gasteiger partial charge in [-0.05, 0) is 58.7 Å². The summed E-state index contributed by atoms with van der Waals surface area (Å²) >= 11 is 1.82. The molecule has 0 radical (unpaired) electrons. The van der Waals surface area contributed by atoms with E-state index in [1.54, 1.807) is 0 Å². The van der Waals surface area contributed by atoms with Gasteiger partial charge in [0.25, 0.3) is 0 Å². The average Bonchev–Trinajstić information content (AvgIpc) is 4.10. The largest absolute Gasteiger partial charge is 0.307 e. The maximum absolute atomic E-state index is 5.32. The molecule has 4 aromatic heterocycles. The third-order valence-corrected chi connectivity index (χ3v) is 14.9. The minimum absolute atomic E-state index is 0.629. The van der Waals surface area contributed by atoms with Crippen molar-refractivity contribution in [1.29, 1.82) is 0 Å². The number of benzene rings is 10. The highest BCUT2D eigenvalue weighted by Crippen LogP contribution is 2.47. The number of fused-ring (bicyclic) bond motifs is 10. The molecule has 0 atom stereocenters. The van der Waals surface area contributed by atoms with Gasteiger partial charge in [-0.15, -0.1) is 11.3 Å². The molecular weight excluding hydrogens is 859 g/mol. The van der Waals surface area contributed by atoms with Crippen LogP contribution < -0.4 is 0 Å². The van der Waals surface area contributed by atoms with E-state index in [0.717, 1.165) is 43.9 Å². The summed E-state index contributed by atoms with van der Waals surface area (Å²) in [5, 5.41) is 7.26. The van der Waals surface area contributed by atoms with E-state index in [-0.39, 0.29) is 0 Å². The summed E-state index contributed by atoms with van der Waals surface area (Å²) in [7, 11) is 0. The van der Waals surface area contributed by atoms with Crippen LogP contribution in [-0.4, -0.2) is 24.1 Å². The molecule has 14 rings (SSSR count). The van der Waals surface area contributed by atoms with Crippen LogP contribution in [0.3, 0.4) is 0 Å². The molecule has 4 heterocycles. The van der Waals surface area contributed by atoms with E-state index < -0.39 is 0 Å². The van der Waals surface area contributed by atoms with Crippen molar-refractivity contribution in [3.05, 3.63) is 237 Å². The zero-order valence-electron chi connectivity index (χ0n) is 37.2. The lowest BCUT2D eigenvalue weighted by Gasteiger charge is -2.14. The van der Waals surface area contributed by atoms with Crippen molar-refractivity contribution in [2.45, 2.75) is 0 Å². The summed E-state index contributed by atoms with van der Waals surface area (Å²) in [6, 6.07) is 84.3. The molecule has 14 aromatic rings.